The zero-order valence-electron chi connectivity index (χ0n) is 19.2. The number of benzene rings is 3. The van der Waals surface area contributed by atoms with Crippen LogP contribution in [0.5, 0.6) is 0 Å². The topological polar surface area (TPSA) is 94.5 Å². The second-order valence-electron chi connectivity index (χ2n) is 8.17. The monoisotopic (exact) mass is 452 g/mol. The minimum absolute atomic E-state index is 0.284. The molecule has 0 spiro atoms. The summed E-state index contributed by atoms with van der Waals surface area (Å²) in [6.07, 6.45) is 0. The first-order chi connectivity index (χ1) is 16.4. The first kappa shape index (κ1) is 22.8. The summed E-state index contributed by atoms with van der Waals surface area (Å²) >= 11 is 0. The average Bonchev–Trinajstić information content (AvgIpc) is 3.17. The Morgan fingerprint density at radius 1 is 1.06 bits per heavy atom. The lowest BCUT2D eigenvalue weighted by Gasteiger charge is -2.17. The van der Waals surface area contributed by atoms with E-state index in [0.717, 1.165) is 11.1 Å². The van der Waals surface area contributed by atoms with Gasteiger partial charge in [-0.25, -0.2) is 4.79 Å². The van der Waals surface area contributed by atoms with Gasteiger partial charge >= 0.3 is 5.97 Å². The summed E-state index contributed by atoms with van der Waals surface area (Å²) in [5.74, 6) is -0.758. The van der Waals surface area contributed by atoms with Crippen molar-refractivity contribution in [2.75, 3.05) is 31.8 Å². The van der Waals surface area contributed by atoms with E-state index in [1.807, 2.05) is 61.5 Å². The van der Waals surface area contributed by atoms with Crippen LogP contribution < -0.4 is 10.6 Å². The number of fused-ring (bicyclic) bond motifs is 1. The SMILES string of the molecule is COC(=O)c1ccc2c(c1)NC(=O)C2=C(Nc1ccc(CN(C)C)c(C#N)c1)c1ccccc1. The fraction of sp³-hybridized carbons (Fsp3) is 0.148. The number of amides is 1. The largest absolute Gasteiger partial charge is 0.465 e. The zero-order chi connectivity index (χ0) is 24.2. The van der Waals surface area contributed by atoms with Gasteiger partial charge in [0.25, 0.3) is 5.91 Å². The number of nitriles is 1. The van der Waals surface area contributed by atoms with Crippen molar-refractivity contribution in [3.8, 4) is 6.07 Å². The normalized spacial score (nSPS) is 13.7. The molecule has 0 radical (unpaired) electrons. The first-order valence-electron chi connectivity index (χ1n) is 10.7. The Kier molecular flexibility index (Phi) is 6.44. The van der Waals surface area contributed by atoms with Crippen LogP contribution in [0.25, 0.3) is 11.3 Å². The highest BCUT2D eigenvalue weighted by Crippen LogP contribution is 2.38. The van der Waals surface area contributed by atoms with Crippen molar-refractivity contribution < 1.29 is 14.3 Å². The maximum absolute atomic E-state index is 13.1. The molecule has 0 saturated heterocycles. The van der Waals surface area contributed by atoms with Crippen LogP contribution in [0.4, 0.5) is 11.4 Å². The minimum atomic E-state index is -0.474. The molecule has 1 aliphatic heterocycles. The number of anilines is 2. The molecule has 34 heavy (non-hydrogen) atoms. The molecule has 170 valence electrons. The Labute approximate surface area is 198 Å². The molecule has 1 amide bonds. The quantitative estimate of drug-likeness (QED) is 0.427. The number of carbonyl (C=O) groups excluding carboxylic acids is 2. The van der Waals surface area contributed by atoms with Gasteiger partial charge in [0.15, 0.2) is 0 Å². The molecule has 1 heterocycles. The highest BCUT2D eigenvalue weighted by atomic mass is 16.5. The van der Waals surface area contributed by atoms with Gasteiger partial charge in [-0.3, -0.25) is 4.79 Å². The Balaban J connectivity index is 1.83. The standard InChI is InChI=1S/C27H24N4O3/c1-31(2)16-19-9-11-21(13-20(19)15-28)29-25(17-7-5-4-6-8-17)24-22-12-10-18(27(33)34-3)14-23(22)30-26(24)32/h4-14,29H,16H2,1-3H3,(H,30,32). The molecule has 7 nitrogen and oxygen atoms in total. The number of hydrogen-bond acceptors (Lipinski definition) is 6. The van der Waals surface area contributed by atoms with Gasteiger partial charge < -0.3 is 20.3 Å². The molecule has 0 aromatic heterocycles. The summed E-state index contributed by atoms with van der Waals surface area (Å²) in [6, 6.07) is 22.4. The summed E-state index contributed by atoms with van der Waals surface area (Å²) in [5.41, 5.74) is 5.62. The smallest absolute Gasteiger partial charge is 0.337 e. The van der Waals surface area contributed by atoms with Crippen LogP contribution in [-0.4, -0.2) is 38.0 Å². The molecule has 1 aliphatic rings. The molecule has 0 atom stereocenters. The van der Waals surface area contributed by atoms with E-state index in [0.29, 0.717) is 45.9 Å². The average molecular weight is 453 g/mol. The molecule has 0 bridgehead atoms. The Morgan fingerprint density at radius 3 is 2.50 bits per heavy atom. The summed E-state index contributed by atoms with van der Waals surface area (Å²) in [5, 5.41) is 15.9. The van der Waals surface area contributed by atoms with Crippen LogP contribution in [0.2, 0.25) is 0 Å². The number of esters is 1. The van der Waals surface area contributed by atoms with Gasteiger partial charge in [-0.15, -0.1) is 0 Å². The van der Waals surface area contributed by atoms with Crippen molar-refractivity contribution in [1.29, 1.82) is 5.26 Å². The van der Waals surface area contributed by atoms with E-state index in [4.69, 9.17) is 4.74 Å². The van der Waals surface area contributed by atoms with Gasteiger partial charge in [0.05, 0.1) is 41.3 Å². The third-order valence-corrected chi connectivity index (χ3v) is 5.48. The molecule has 2 N–H and O–H groups in total. The zero-order valence-corrected chi connectivity index (χ0v) is 19.2. The Bertz CT molecular complexity index is 1340. The number of nitrogens with zero attached hydrogens (tertiary/aromatic N) is 2. The van der Waals surface area contributed by atoms with Gasteiger partial charge in [0, 0.05) is 17.8 Å². The van der Waals surface area contributed by atoms with Gasteiger partial charge in [-0.2, -0.15) is 5.26 Å². The van der Waals surface area contributed by atoms with E-state index < -0.39 is 5.97 Å². The van der Waals surface area contributed by atoms with Crippen molar-refractivity contribution in [1.82, 2.24) is 4.90 Å². The van der Waals surface area contributed by atoms with Crippen molar-refractivity contribution in [3.63, 3.8) is 0 Å². The summed E-state index contributed by atoms with van der Waals surface area (Å²) in [6.45, 7) is 0.647. The lowest BCUT2D eigenvalue weighted by Crippen LogP contribution is -2.12. The van der Waals surface area contributed by atoms with Crippen LogP contribution in [0.15, 0.2) is 66.7 Å². The number of rotatable bonds is 6. The predicted molar refractivity (Wildman–Crippen MR) is 132 cm³/mol. The van der Waals surface area contributed by atoms with Crippen LogP contribution in [0.3, 0.4) is 0 Å². The number of ether oxygens (including phenoxy) is 1. The molecule has 4 rings (SSSR count). The lowest BCUT2D eigenvalue weighted by molar-refractivity contribution is -0.110. The van der Waals surface area contributed by atoms with E-state index >= 15 is 0 Å². The van der Waals surface area contributed by atoms with Crippen LogP contribution in [-0.2, 0) is 16.1 Å². The van der Waals surface area contributed by atoms with E-state index in [1.54, 1.807) is 24.3 Å². The van der Waals surface area contributed by atoms with E-state index in [1.165, 1.54) is 7.11 Å². The molecular weight excluding hydrogens is 428 g/mol. The second-order valence-corrected chi connectivity index (χ2v) is 8.17. The number of nitrogens with one attached hydrogen (secondary N) is 2. The third kappa shape index (κ3) is 4.53. The van der Waals surface area contributed by atoms with Gasteiger partial charge in [0.1, 0.15) is 0 Å². The van der Waals surface area contributed by atoms with Crippen molar-refractivity contribution in [3.05, 3.63) is 94.5 Å². The van der Waals surface area contributed by atoms with Gasteiger partial charge in [-0.05, 0) is 49.5 Å². The van der Waals surface area contributed by atoms with Gasteiger partial charge in [-0.1, -0.05) is 42.5 Å². The molecule has 0 unspecified atom stereocenters. The molecule has 3 aromatic rings. The van der Waals surface area contributed by atoms with Crippen molar-refractivity contribution >= 4 is 34.5 Å². The van der Waals surface area contributed by atoms with Crippen molar-refractivity contribution in [2.45, 2.75) is 6.54 Å². The molecule has 3 aromatic carbocycles. The molecule has 7 heteroatoms. The minimum Gasteiger partial charge on any atom is -0.465 e. The Morgan fingerprint density at radius 2 is 1.82 bits per heavy atom. The number of methoxy groups -OCH3 is 1. The van der Waals surface area contributed by atoms with Crippen LogP contribution >= 0.6 is 0 Å². The summed E-state index contributed by atoms with van der Waals surface area (Å²) < 4.78 is 4.80. The van der Waals surface area contributed by atoms with Crippen LogP contribution in [0, 0.1) is 11.3 Å². The third-order valence-electron chi connectivity index (χ3n) is 5.48. The van der Waals surface area contributed by atoms with E-state index in [-0.39, 0.29) is 5.91 Å². The summed E-state index contributed by atoms with van der Waals surface area (Å²) in [7, 11) is 5.22. The highest BCUT2D eigenvalue weighted by molar-refractivity contribution is 6.37. The lowest BCUT2D eigenvalue weighted by atomic mass is 9.98. The first-order valence-corrected chi connectivity index (χ1v) is 10.7. The Hall–Kier alpha value is -4.41. The van der Waals surface area contributed by atoms with E-state index in [2.05, 4.69) is 16.7 Å². The second kappa shape index (κ2) is 9.61. The van der Waals surface area contributed by atoms with Crippen LogP contribution in [0.1, 0.15) is 32.6 Å². The predicted octanol–water partition coefficient (Wildman–Crippen LogP) is 4.34. The van der Waals surface area contributed by atoms with Gasteiger partial charge in [0.2, 0.25) is 0 Å². The number of carbonyl (C=O) groups is 2. The fourth-order valence-electron chi connectivity index (χ4n) is 3.93. The maximum atomic E-state index is 13.1. The molecule has 0 aliphatic carbocycles. The molecule has 0 fully saturated rings. The van der Waals surface area contributed by atoms with E-state index in [9.17, 15) is 14.9 Å². The molecule has 0 saturated carbocycles. The fourth-order valence-corrected chi connectivity index (χ4v) is 3.93. The number of hydrogen-bond donors (Lipinski definition) is 2. The maximum Gasteiger partial charge on any atom is 0.337 e. The highest BCUT2D eigenvalue weighted by Gasteiger charge is 2.29. The van der Waals surface area contributed by atoms with Crippen molar-refractivity contribution in [2.24, 2.45) is 0 Å². The summed E-state index contributed by atoms with van der Waals surface area (Å²) in [4.78, 5) is 27.0. The molecular formula is C27H24N4O3.